The van der Waals surface area contributed by atoms with E-state index in [0.717, 1.165) is 76.1 Å². The van der Waals surface area contributed by atoms with Crippen LogP contribution in [0.1, 0.15) is 61.4 Å². The molecular weight excluding hydrogens is 488 g/mol. The molecule has 5 aliphatic rings. The second-order valence-corrected chi connectivity index (χ2v) is 11.2. The third-order valence-corrected chi connectivity index (χ3v) is 8.55. The van der Waals surface area contributed by atoms with E-state index in [1.54, 1.807) is 12.0 Å². The molecular formula is C28H38N4O6. The molecule has 1 saturated carbocycles. The van der Waals surface area contributed by atoms with Crippen LogP contribution in [0.5, 0.6) is 0 Å². The summed E-state index contributed by atoms with van der Waals surface area (Å²) in [4.78, 5) is 53.2. The molecule has 0 aromatic heterocycles. The summed E-state index contributed by atoms with van der Waals surface area (Å²) in [7, 11) is 1.68. The molecule has 1 spiro atoms. The summed E-state index contributed by atoms with van der Waals surface area (Å²) in [5, 5.41) is 2.35. The van der Waals surface area contributed by atoms with Gasteiger partial charge in [-0.3, -0.25) is 24.5 Å². The van der Waals surface area contributed by atoms with Gasteiger partial charge in [0.15, 0.2) is 0 Å². The van der Waals surface area contributed by atoms with Crippen molar-refractivity contribution in [3.05, 3.63) is 29.3 Å². The first kappa shape index (κ1) is 26.6. The van der Waals surface area contributed by atoms with E-state index in [1.807, 2.05) is 24.0 Å². The molecule has 1 aliphatic carbocycles. The molecule has 206 valence electrons. The number of rotatable bonds is 6. The Morgan fingerprint density at radius 2 is 1.79 bits per heavy atom. The lowest BCUT2D eigenvalue weighted by atomic mass is 9.61. The van der Waals surface area contributed by atoms with Gasteiger partial charge in [-0.2, -0.15) is 0 Å². The molecule has 4 amide bonds. The van der Waals surface area contributed by atoms with Crippen LogP contribution in [0.2, 0.25) is 0 Å². The maximum Gasteiger partial charge on any atom is 0.255 e. The third kappa shape index (κ3) is 5.29. The van der Waals surface area contributed by atoms with E-state index in [2.05, 4.69) is 21.0 Å². The molecule has 1 atom stereocenters. The fourth-order valence-electron chi connectivity index (χ4n) is 6.35. The van der Waals surface area contributed by atoms with Crippen LogP contribution in [-0.2, 0) is 30.4 Å². The second-order valence-electron chi connectivity index (χ2n) is 11.2. The van der Waals surface area contributed by atoms with Crippen molar-refractivity contribution in [1.29, 1.82) is 0 Å². The Labute approximate surface area is 223 Å². The Hall–Kier alpha value is -2.98. The smallest absolute Gasteiger partial charge is 0.255 e. The van der Waals surface area contributed by atoms with Crippen LogP contribution in [-0.4, -0.2) is 92.1 Å². The van der Waals surface area contributed by atoms with Gasteiger partial charge in [0.05, 0.1) is 12.2 Å². The van der Waals surface area contributed by atoms with Gasteiger partial charge in [0.2, 0.25) is 18.2 Å². The van der Waals surface area contributed by atoms with E-state index in [0.29, 0.717) is 30.0 Å². The molecule has 1 aromatic rings. The molecule has 10 heteroatoms. The molecule has 4 fully saturated rings. The number of carbonyl (C=O) groups excluding carboxylic acids is 4. The molecule has 0 radical (unpaired) electrons. The predicted octanol–water partition coefficient (Wildman–Crippen LogP) is 1.71. The van der Waals surface area contributed by atoms with E-state index in [4.69, 9.17) is 4.74 Å². The molecule has 10 nitrogen and oxygen atoms in total. The van der Waals surface area contributed by atoms with Gasteiger partial charge in [-0.05, 0) is 62.8 Å². The number of hydrogen-bond donors (Lipinski definition) is 1. The first-order valence-corrected chi connectivity index (χ1v) is 13.7. The average molecular weight is 527 g/mol. The minimum atomic E-state index is -0.578. The number of likely N-dealkylation sites (tertiary alicyclic amines) is 1. The minimum Gasteiger partial charge on any atom is -0.385 e. The predicted molar refractivity (Wildman–Crippen MR) is 139 cm³/mol. The third-order valence-electron chi connectivity index (χ3n) is 8.55. The van der Waals surface area contributed by atoms with Crippen LogP contribution < -0.4 is 10.2 Å². The Bertz CT molecular complexity index is 1070. The highest BCUT2D eigenvalue weighted by atomic mass is 16.5. The highest BCUT2D eigenvalue weighted by Crippen LogP contribution is 2.51. The molecule has 0 bridgehead atoms. The topological polar surface area (TPSA) is 108 Å². The lowest BCUT2D eigenvalue weighted by Crippen LogP contribution is -2.64. The van der Waals surface area contributed by atoms with Crippen molar-refractivity contribution in [1.82, 2.24) is 15.1 Å². The molecule has 1 N–H and O–H groups in total. The van der Waals surface area contributed by atoms with Gasteiger partial charge in [0.25, 0.3) is 5.91 Å². The summed E-state index contributed by atoms with van der Waals surface area (Å²) in [5.41, 5.74) is 3.06. The van der Waals surface area contributed by atoms with Crippen LogP contribution in [0, 0.1) is 5.41 Å². The van der Waals surface area contributed by atoms with Crippen molar-refractivity contribution in [3.63, 3.8) is 0 Å². The molecule has 4 heterocycles. The van der Waals surface area contributed by atoms with Crippen molar-refractivity contribution < 1.29 is 28.7 Å². The van der Waals surface area contributed by atoms with Gasteiger partial charge in [-0.25, -0.2) is 0 Å². The zero-order valence-electron chi connectivity index (χ0n) is 22.3. The zero-order chi connectivity index (χ0) is 26.9. The van der Waals surface area contributed by atoms with Gasteiger partial charge < -0.3 is 24.2 Å². The number of piperidine rings is 2. The number of hydrogen-bond acceptors (Lipinski definition) is 7. The maximum atomic E-state index is 12.9. The van der Waals surface area contributed by atoms with Gasteiger partial charge in [0, 0.05) is 69.5 Å². The van der Waals surface area contributed by atoms with Crippen molar-refractivity contribution >= 4 is 29.8 Å². The minimum absolute atomic E-state index is 0.130. The Morgan fingerprint density at radius 3 is 2.42 bits per heavy atom. The number of anilines is 1. The van der Waals surface area contributed by atoms with Crippen LogP contribution in [0.15, 0.2) is 18.2 Å². The van der Waals surface area contributed by atoms with E-state index < -0.39 is 6.04 Å². The summed E-state index contributed by atoms with van der Waals surface area (Å²) in [6, 6.07) is 5.39. The van der Waals surface area contributed by atoms with E-state index >= 15 is 0 Å². The van der Waals surface area contributed by atoms with Crippen LogP contribution in [0.4, 0.5) is 5.69 Å². The molecule has 3 saturated heterocycles. The van der Waals surface area contributed by atoms with Crippen LogP contribution in [0.25, 0.3) is 0 Å². The zero-order valence-corrected chi connectivity index (χ0v) is 22.3. The lowest BCUT2D eigenvalue weighted by Gasteiger charge is -2.60. The second kappa shape index (κ2) is 11.0. The van der Waals surface area contributed by atoms with E-state index in [-0.39, 0.29) is 30.2 Å². The number of amides is 4. The maximum absolute atomic E-state index is 12.9. The molecule has 1 unspecified atom stereocenters. The normalized spacial score (nSPS) is 24.8. The number of carbonyl (C=O) groups is 4. The summed E-state index contributed by atoms with van der Waals surface area (Å²) in [6.45, 7) is 6.77. The number of nitrogens with zero attached hydrogens (tertiary/aromatic N) is 3. The van der Waals surface area contributed by atoms with E-state index in [9.17, 15) is 19.2 Å². The quantitative estimate of drug-likeness (QED) is 0.444. The molecule has 1 aromatic carbocycles. The molecule has 6 rings (SSSR count). The first-order valence-electron chi connectivity index (χ1n) is 13.7. The summed E-state index contributed by atoms with van der Waals surface area (Å²) < 4.78 is 10.8. The summed E-state index contributed by atoms with van der Waals surface area (Å²) in [6.07, 6.45) is 6.21. The number of ether oxygens (including phenoxy) is 2. The van der Waals surface area contributed by atoms with Crippen molar-refractivity contribution in [2.75, 3.05) is 44.8 Å². The Kier molecular flexibility index (Phi) is 7.72. The van der Waals surface area contributed by atoms with Gasteiger partial charge in [-0.1, -0.05) is 0 Å². The number of nitrogens with one attached hydrogen (secondary N) is 1. The fourth-order valence-corrected chi connectivity index (χ4v) is 6.35. The fraction of sp³-hybridized carbons (Fsp3) is 0.643. The number of benzene rings is 1. The SMILES string of the molecule is CCOC.O=CN1CCC(OC2CC3(C2)CN(c2ccc4c(c2)CN(C2CCC(=O)NC2=O)C4=O)C3)CC1. The van der Waals surface area contributed by atoms with Crippen molar-refractivity contribution in [2.45, 2.75) is 70.2 Å². The van der Waals surface area contributed by atoms with E-state index in [1.165, 1.54) is 0 Å². The van der Waals surface area contributed by atoms with Crippen molar-refractivity contribution in [3.8, 4) is 0 Å². The Morgan fingerprint density at radius 1 is 1.08 bits per heavy atom. The number of imide groups is 1. The highest BCUT2D eigenvalue weighted by Gasteiger charge is 2.53. The van der Waals surface area contributed by atoms with Gasteiger partial charge in [-0.15, -0.1) is 0 Å². The summed E-state index contributed by atoms with van der Waals surface area (Å²) in [5.74, 6) is -0.779. The highest BCUT2D eigenvalue weighted by molar-refractivity contribution is 6.05. The number of methoxy groups -OCH3 is 1. The van der Waals surface area contributed by atoms with Crippen LogP contribution in [0.3, 0.4) is 0 Å². The molecule has 4 aliphatic heterocycles. The molecule has 38 heavy (non-hydrogen) atoms. The lowest BCUT2D eigenvalue weighted by molar-refractivity contribution is -0.139. The van der Waals surface area contributed by atoms with Crippen molar-refractivity contribution in [2.24, 2.45) is 5.41 Å². The van der Waals surface area contributed by atoms with Gasteiger partial charge >= 0.3 is 0 Å². The monoisotopic (exact) mass is 526 g/mol. The average Bonchev–Trinajstić information content (AvgIpc) is 3.20. The van der Waals surface area contributed by atoms with Gasteiger partial charge in [0.1, 0.15) is 6.04 Å². The standard InChI is InChI=1S/C25H30N4O5.C3H8O/c30-15-27-7-5-18(6-8-27)34-19-10-25(11-19)13-28(14-25)17-1-2-20-16(9-17)12-29(24(20)33)21-3-4-22(31)26-23(21)32;1-3-4-2/h1-2,9,15,18-19,21H,3-8,10-14H2,(H,26,31,32);3H2,1-2H3. The summed E-state index contributed by atoms with van der Waals surface area (Å²) >= 11 is 0. The number of fused-ring (bicyclic) bond motifs is 1. The largest absolute Gasteiger partial charge is 0.385 e. The van der Waals surface area contributed by atoms with Crippen LogP contribution >= 0.6 is 0 Å². The first-order chi connectivity index (χ1) is 18.3. The Balaban J connectivity index is 0.000000689.